The van der Waals surface area contributed by atoms with Gasteiger partial charge in [-0.3, -0.25) is 9.79 Å². The van der Waals surface area contributed by atoms with Gasteiger partial charge in [-0.15, -0.1) is 0 Å². The smallest absolute Gasteiger partial charge is 0.222 e. The van der Waals surface area contributed by atoms with Crippen LogP contribution in [-0.4, -0.2) is 49.4 Å². The minimum absolute atomic E-state index is 0.253. The molecule has 2 aromatic rings. The molecule has 6 heteroatoms. The van der Waals surface area contributed by atoms with Gasteiger partial charge in [-0.05, 0) is 35.2 Å². The number of methoxy groups -OCH3 is 1. The zero-order valence-corrected chi connectivity index (χ0v) is 17.5. The minimum atomic E-state index is 0.253. The molecule has 0 spiro atoms. The molecule has 2 aromatic carbocycles. The van der Waals surface area contributed by atoms with Crippen molar-refractivity contribution in [1.82, 2.24) is 15.1 Å². The van der Waals surface area contributed by atoms with E-state index in [0.717, 1.165) is 31.2 Å². The summed E-state index contributed by atoms with van der Waals surface area (Å²) in [5, 5.41) is 3.45. The molecule has 1 heterocycles. The quantitative estimate of drug-likeness (QED) is 0.579. The lowest BCUT2D eigenvalue weighted by Crippen LogP contribution is -2.38. The zero-order valence-electron chi connectivity index (χ0n) is 17.5. The Bertz CT molecular complexity index is 848. The lowest BCUT2D eigenvalue weighted by molar-refractivity contribution is -0.128. The van der Waals surface area contributed by atoms with Crippen LogP contribution in [-0.2, 0) is 24.4 Å². The summed E-state index contributed by atoms with van der Waals surface area (Å²) < 4.78 is 5.22. The first-order valence-electron chi connectivity index (χ1n) is 10.00. The van der Waals surface area contributed by atoms with Gasteiger partial charge in [-0.1, -0.05) is 36.4 Å². The molecule has 29 heavy (non-hydrogen) atoms. The van der Waals surface area contributed by atoms with Crippen LogP contribution in [0.1, 0.15) is 29.5 Å². The maximum atomic E-state index is 12.0. The van der Waals surface area contributed by atoms with Crippen LogP contribution < -0.4 is 10.1 Å². The van der Waals surface area contributed by atoms with E-state index in [0.29, 0.717) is 19.5 Å². The summed E-state index contributed by atoms with van der Waals surface area (Å²) in [4.78, 5) is 20.4. The summed E-state index contributed by atoms with van der Waals surface area (Å²) in [5.41, 5.74) is 3.55. The van der Waals surface area contributed by atoms with Crippen molar-refractivity contribution in [1.29, 1.82) is 0 Å². The van der Waals surface area contributed by atoms with Crippen LogP contribution in [0.25, 0.3) is 0 Å². The number of amides is 1. The van der Waals surface area contributed by atoms with E-state index in [1.54, 1.807) is 14.2 Å². The molecule has 1 aliphatic rings. The number of nitrogens with one attached hydrogen (secondary N) is 1. The average molecular weight is 395 g/mol. The van der Waals surface area contributed by atoms with Crippen molar-refractivity contribution in [2.45, 2.75) is 32.5 Å². The molecule has 0 aliphatic carbocycles. The van der Waals surface area contributed by atoms with Crippen LogP contribution >= 0.6 is 0 Å². The van der Waals surface area contributed by atoms with Crippen LogP contribution in [0.5, 0.6) is 5.75 Å². The van der Waals surface area contributed by atoms with E-state index in [9.17, 15) is 4.79 Å². The van der Waals surface area contributed by atoms with Crippen LogP contribution in [0.15, 0.2) is 53.5 Å². The number of likely N-dealkylation sites (tertiary alicyclic amines) is 1. The van der Waals surface area contributed by atoms with E-state index < -0.39 is 0 Å². The number of hydrogen-bond acceptors (Lipinski definition) is 3. The molecule has 0 radical (unpaired) electrons. The van der Waals surface area contributed by atoms with Crippen LogP contribution in [0.2, 0.25) is 0 Å². The molecule has 1 aliphatic heterocycles. The topological polar surface area (TPSA) is 57.2 Å². The number of carbonyl (C=O) groups is 1. The second kappa shape index (κ2) is 9.96. The van der Waals surface area contributed by atoms with E-state index >= 15 is 0 Å². The highest BCUT2D eigenvalue weighted by molar-refractivity contribution is 5.79. The van der Waals surface area contributed by atoms with Gasteiger partial charge in [0.1, 0.15) is 5.75 Å². The third-order valence-electron chi connectivity index (χ3n) is 5.24. The summed E-state index contributed by atoms with van der Waals surface area (Å²) in [6.07, 6.45) is 1.63. The minimum Gasteiger partial charge on any atom is -0.497 e. The number of carbonyl (C=O) groups excluding carboxylic acids is 1. The van der Waals surface area contributed by atoms with Crippen molar-refractivity contribution in [3.8, 4) is 5.75 Å². The molecule has 1 fully saturated rings. The van der Waals surface area contributed by atoms with Crippen LogP contribution in [0, 0.1) is 0 Å². The summed E-state index contributed by atoms with van der Waals surface area (Å²) in [6, 6.07) is 16.3. The van der Waals surface area contributed by atoms with Crippen molar-refractivity contribution in [2.75, 3.05) is 27.7 Å². The van der Waals surface area contributed by atoms with Gasteiger partial charge < -0.3 is 19.9 Å². The molecule has 3 rings (SSSR count). The van der Waals surface area contributed by atoms with Gasteiger partial charge in [0, 0.05) is 46.7 Å². The molecule has 0 unspecified atom stereocenters. The number of guanidine groups is 1. The Morgan fingerprint density at radius 2 is 1.90 bits per heavy atom. The second-order valence-corrected chi connectivity index (χ2v) is 7.29. The van der Waals surface area contributed by atoms with E-state index in [1.807, 2.05) is 36.2 Å². The predicted octanol–water partition coefficient (Wildman–Crippen LogP) is 3.03. The molecule has 6 nitrogen and oxygen atoms in total. The van der Waals surface area contributed by atoms with E-state index in [2.05, 4.69) is 39.5 Å². The largest absolute Gasteiger partial charge is 0.497 e. The van der Waals surface area contributed by atoms with Gasteiger partial charge in [-0.2, -0.15) is 0 Å². The van der Waals surface area contributed by atoms with Crippen molar-refractivity contribution in [3.05, 3.63) is 65.2 Å². The molecule has 0 bridgehead atoms. The van der Waals surface area contributed by atoms with Gasteiger partial charge in [0.15, 0.2) is 5.96 Å². The van der Waals surface area contributed by atoms with Crippen molar-refractivity contribution in [2.24, 2.45) is 4.99 Å². The monoisotopic (exact) mass is 394 g/mol. The van der Waals surface area contributed by atoms with Crippen LogP contribution in [0.3, 0.4) is 0 Å². The fraction of sp³-hybridized carbons (Fsp3) is 0.391. The highest BCUT2D eigenvalue weighted by Crippen LogP contribution is 2.17. The molecule has 0 saturated carbocycles. The molecular weight excluding hydrogens is 364 g/mol. The van der Waals surface area contributed by atoms with Crippen LogP contribution in [0.4, 0.5) is 0 Å². The number of rotatable bonds is 7. The number of nitrogens with zero attached hydrogens (tertiary/aromatic N) is 3. The first kappa shape index (κ1) is 20.7. The van der Waals surface area contributed by atoms with Gasteiger partial charge in [0.05, 0.1) is 7.11 Å². The van der Waals surface area contributed by atoms with E-state index in [-0.39, 0.29) is 5.91 Å². The molecule has 1 saturated heterocycles. The van der Waals surface area contributed by atoms with Gasteiger partial charge in [-0.25, -0.2) is 0 Å². The zero-order chi connectivity index (χ0) is 20.6. The highest BCUT2D eigenvalue weighted by Gasteiger charge is 2.21. The van der Waals surface area contributed by atoms with E-state index in [1.165, 1.54) is 16.7 Å². The van der Waals surface area contributed by atoms with Crippen molar-refractivity contribution >= 4 is 11.9 Å². The fourth-order valence-corrected chi connectivity index (χ4v) is 3.60. The summed E-state index contributed by atoms with van der Waals surface area (Å²) in [6.45, 7) is 2.94. The lowest BCUT2D eigenvalue weighted by Gasteiger charge is -2.23. The lowest BCUT2D eigenvalue weighted by atomic mass is 10.1. The fourth-order valence-electron chi connectivity index (χ4n) is 3.60. The summed E-state index contributed by atoms with van der Waals surface area (Å²) >= 11 is 0. The maximum absolute atomic E-state index is 12.0. The summed E-state index contributed by atoms with van der Waals surface area (Å²) in [7, 11) is 5.49. The molecule has 0 atom stereocenters. The van der Waals surface area contributed by atoms with Crippen molar-refractivity contribution in [3.63, 3.8) is 0 Å². The Kier molecular flexibility index (Phi) is 7.11. The number of aliphatic imine (C=N–C) groups is 1. The third kappa shape index (κ3) is 5.50. The molecule has 0 aromatic heterocycles. The predicted molar refractivity (Wildman–Crippen MR) is 116 cm³/mol. The average Bonchev–Trinajstić information content (AvgIpc) is 3.14. The second-order valence-electron chi connectivity index (χ2n) is 7.29. The number of hydrogen-bond donors (Lipinski definition) is 1. The Morgan fingerprint density at radius 3 is 2.52 bits per heavy atom. The summed E-state index contributed by atoms with van der Waals surface area (Å²) in [5.74, 6) is 1.93. The Hall–Kier alpha value is -3.02. The number of ether oxygens (including phenoxy) is 1. The molecule has 1 N–H and O–H groups in total. The van der Waals surface area contributed by atoms with E-state index in [4.69, 9.17) is 4.74 Å². The SMILES string of the molecule is CN=C(NCc1ccccc1CN1CCCC1=O)N(C)Cc1ccc(OC)cc1. The maximum Gasteiger partial charge on any atom is 0.222 e. The third-order valence-corrected chi connectivity index (χ3v) is 5.24. The first-order valence-corrected chi connectivity index (χ1v) is 10.00. The normalized spacial score (nSPS) is 14.2. The first-order chi connectivity index (χ1) is 14.1. The highest BCUT2D eigenvalue weighted by atomic mass is 16.5. The van der Waals surface area contributed by atoms with Gasteiger partial charge in [0.25, 0.3) is 0 Å². The standard InChI is InChI=1S/C23H30N4O2/c1-24-23(26(2)16-18-10-12-21(29-3)13-11-18)25-15-19-7-4-5-8-20(19)17-27-14-6-9-22(27)28/h4-5,7-8,10-13H,6,9,14-17H2,1-3H3,(H,24,25). The Morgan fingerprint density at radius 1 is 1.17 bits per heavy atom. The molecule has 154 valence electrons. The Balaban J connectivity index is 1.60. The van der Waals surface area contributed by atoms with Crippen molar-refractivity contribution < 1.29 is 9.53 Å². The molecule has 1 amide bonds. The van der Waals surface area contributed by atoms with Gasteiger partial charge in [0.2, 0.25) is 5.91 Å². The number of benzene rings is 2. The van der Waals surface area contributed by atoms with Gasteiger partial charge >= 0.3 is 0 Å². The Labute approximate surface area is 173 Å². The molecular formula is C23H30N4O2.